The highest BCUT2D eigenvalue weighted by atomic mass is 32.3. The van der Waals surface area contributed by atoms with Crippen LogP contribution < -0.4 is 0 Å². The van der Waals surface area contributed by atoms with E-state index in [0.717, 1.165) is 0 Å². The highest BCUT2D eigenvalue weighted by Crippen LogP contribution is 2.68. The van der Waals surface area contributed by atoms with Crippen LogP contribution in [-0.4, -0.2) is 66.9 Å². The minimum absolute atomic E-state index is 0.0539. The molecule has 0 N–H and O–H groups in total. The van der Waals surface area contributed by atoms with E-state index < -0.39 is 78.9 Å². The van der Waals surface area contributed by atoms with Crippen molar-refractivity contribution in [2.45, 2.75) is 90.9 Å². The van der Waals surface area contributed by atoms with Crippen LogP contribution in [0.1, 0.15) is 38.2 Å². The first-order chi connectivity index (χ1) is 21.5. The predicted octanol–water partition coefficient (Wildman–Crippen LogP) is 10.4. The number of rotatable bonds is 13. The van der Waals surface area contributed by atoms with Gasteiger partial charge in [0.2, 0.25) is 0 Å². The molecule has 0 bridgehead atoms. The van der Waals surface area contributed by atoms with Crippen molar-refractivity contribution in [2.75, 3.05) is 11.5 Å². The number of unbranched alkanes of at least 4 members (excludes halogenated alkanes) is 1. The number of hydrogen-bond acceptors (Lipinski definition) is 3. The van der Waals surface area contributed by atoms with Crippen molar-refractivity contribution in [3.05, 3.63) is 42.0 Å². The van der Waals surface area contributed by atoms with E-state index in [0.29, 0.717) is 30.2 Å². The molecule has 0 amide bonds. The van der Waals surface area contributed by atoms with E-state index in [9.17, 15) is 83.1 Å². The molecule has 1 heterocycles. The summed E-state index contributed by atoms with van der Waals surface area (Å²) >= 11 is 0. The minimum atomic E-state index is -8.90. The second-order valence-corrected chi connectivity index (χ2v) is 15.6. The van der Waals surface area contributed by atoms with E-state index in [1.807, 2.05) is 6.92 Å². The molecule has 1 fully saturated rings. The zero-order chi connectivity index (χ0) is 37.2. The molecule has 0 aliphatic carbocycles. The first-order valence-corrected chi connectivity index (χ1v) is 16.7. The summed E-state index contributed by atoms with van der Waals surface area (Å²) in [7, 11) is -11.5. The summed E-state index contributed by atoms with van der Waals surface area (Å²) < 4.78 is 264. The molecule has 0 saturated carbocycles. The summed E-state index contributed by atoms with van der Waals surface area (Å²) in [6, 6.07) is 8.31. The van der Waals surface area contributed by atoms with Gasteiger partial charge in [-0.05, 0) is 48.1 Å². The van der Waals surface area contributed by atoms with Crippen LogP contribution in [0.15, 0.2) is 41.3 Å². The molecule has 276 valence electrons. The Morgan fingerprint density at radius 2 is 1.06 bits per heavy atom. The summed E-state index contributed by atoms with van der Waals surface area (Å²) in [6.45, 7) is 1.84. The molecule has 3 nitrogen and oxygen atoms in total. The van der Waals surface area contributed by atoms with E-state index >= 15 is 0 Å². The fraction of sp³-hybridized carbons (Fsp3) is 0.615. The van der Waals surface area contributed by atoms with Gasteiger partial charge in [0.05, 0.1) is 0 Å². The Bertz CT molecular complexity index is 1600. The van der Waals surface area contributed by atoms with Crippen molar-refractivity contribution in [1.29, 1.82) is 0 Å². The molecule has 0 aromatic heterocycles. The fourth-order valence-electron chi connectivity index (χ4n) is 4.86. The molecule has 22 heteroatoms. The number of halogens is 17. The quantitative estimate of drug-likeness (QED) is 0.191. The molecule has 0 unspecified atom stereocenters. The Morgan fingerprint density at radius 1 is 0.625 bits per heavy atom. The number of benzene rings is 2. The Morgan fingerprint density at radius 3 is 1.52 bits per heavy atom. The Labute approximate surface area is 262 Å². The highest BCUT2D eigenvalue weighted by molar-refractivity contribution is 8.33. The van der Waals surface area contributed by atoms with Crippen molar-refractivity contribution in [2.24, 2.45) is 0 Å². The molecule has 1 saturated heterocycles. The van der Waals surface area contributed by atoms with Crippen LogP contribution in [-0.2, 0) is 20.2 Å². The van der Waals surface area contributed by atoms with E-state index in [4.69, 9.17) is 0 Å². The van der Waals surface area contributed by atoms with Crippen LogP contribution in [0.25, 0.3) is 10.8 Å². The lowest BCUT2D eigenvalue weighted by molar-refractivity contribution is -0.458. The molecule has 0 radical (unpaired) electrons. The molecule has 48 heavy (non-hydrogen) atoms. The Hall–Kier alpha value is -2.23. The van der Waals surface area contributed by atoms with Gasteiger partial charge in [-0.15, -0.1) is 0 Å². The molecule has 2 aromatic carbocycles. The fourth-order valence-corrected chi connectivity index (χ4v) is 10.7. The van der Waals surface area contributed by atoms with Crippen molar-refractivity contribution in [1.82, 2.24) is 0 Å². The third kappa shape index (κ3) is 5.68. The van der Waals surface area contributed by atoms with Gasteiger partial charge < -0.3 is 0 Å². The topological polar surface area (TPSA) is 43.4 Å². The number of alkyl halides is 17. The lowest BCUT2D eigenvalue weighted by atomic mass is 9.91. The van der Waals surface area contributed by atoms with Gasteiger partial charge in [0.15, 0.2) is 0 Å². The standard InChI is InChI=1S/C26H23F17O3S2/c1-2-3-8-15-11-12-18(17-10-5-4-9-16(15)17)47(13-6-7-14-47)46-48(44,45)26(42,43)24(37,38)22(33,34)20(29,30)19(27,28)21(31,32)23(35,36)25(39,40)41/h4-5,9-12H,2-3,6-8,13-14H2,1H3. The van der Waals surface area contributed by atoms with Crippen molar-refractivity contribution >= 4 is 31.2 Å². The second-order valence-electron chi connectivity index (χ2n) is 10.8. The largest absolute Gasteiger partial charge is 0.460 e. The van der Waals surface area contributed by atoms with E-state index in [-0.39, 0.29) is 23.1 Å². The first kappa shape index (κ1) is 40.2. The number of hydrogen-bond donors (Lipinski definition) is 0. The van der Waals surface area contributed by atoms with Crippen LogP contribution in [0.2, 0.25) is 0 Å². The number of aryl methyl sites for hydroxylation is 1. The molecule has 1 aliphatic rings. The van der Waals surface area contributed by atoms with Crippen molar-refractivity contribution in [3.8, 4) is 0 Å². The highest BCUT2D eigenvalue weighted by Gasteiger charge is 2.96. The van der Waals surface area contributed by atoms with Crippen LogP contribution in [0.4, 0.5) is 74.6 Å². The van der Waals surface area contributed by atoms with Gasteiger partial charge in [0.25, 0.3) is 0 Å². The van der Waals surface area contributed by atoms with Crippen LogP contribution >= 0.6 is 10.3 Å². The summed E-state index contributed by atoms with van der Waals surface area (Å²) in [4.78, 5) is -0.212. The number of fused-ring (bicyclic) bond motifs is 1. The molecular weight excluding hydrogens is 747 g/mol. The predicted molar refractivity (Wildman–Crippen MR) is 138 cm³/mol. The Kier molecular flexibility index (Phi) is 10.2. The average molecular weight is 771 g/mol. The summed E-state index contributed by atoms with van der Waals surface area (Å²) in [5.74, 6) is -53.0. The van der Waals surface area contributed by atoms with Crippen LogP contribution in [0.3, 0.4) is 0 Å². The lowest BCUT2D eigenvalue weighted by Crippen LogP contribution is -2.75. The van der Waals surface area contributed by atoms with Gasteiger partial charge in [-0.2, -0.15) is 83.1 Å². The minimum Gasteiger partial charge on any atom is -0.211 e. The van der Waals surface area contributed by atoms with Gasteiger partial charge in [-0.3, -0.25) is 0 Å². The van der Waals surface area contributed by atoms with Gasteiger partial charge in [-0.25, -0.2) is 3.63 Å². The maximum atomic E-state index is 14.9. The first-order valence-electron chi connectivity index (χ1n) is 13.4. The molecule has 3 rings (SSSR count). The molecule has 0 spiro atoms. The summed E-state index contributed by atoms with van der Waals surface area (Å²) in [5.41, 5.74) is 0.638. The molecule has 0 atom stereocenters. The molecule has 2 aromatic rings. The van der Waals surface area contributed by atoms with Gasteiger partial charge in [0, 0.05) is 16.4 Å². The third-order valence-electron chi connectivity index (χ3n) is 7.60. The van der Waals surface area contributed by atoms with Gasteiger partial charge in [-0.1, -0.05) is 54.0 Å². The maximum Gasteiger partial charge on any atom is 0.460 e. The van der Waals surface area contributed by atoms with Gasteiger partial charge >= 0.3 is 57.1 Å². The third-order valence-corrected chi connectivity index (χ3v) is 13.3. The van der Waals surface area contributed by atoms with Crippen LogP contribution in [0, 0.1) is 0 Å². The summed E-state index contributed by atoms with van der Waals surface area (Å²) in [6.07, 6.45) is -6.24. The zero-order valence-corrected chi connectivity index (χ0v) is 25.5. The SMILES string of the molecule is CCCCc1ccc(S2(OS(=O)(=O)C(F)(F)C(F)(F)C(F)(F)C(F)(F)C(F)(F)C(F)(F)C(F)(F)C(F)(F)F)CCCC2)c2ccccc12. The Balaban J connectivity index is 2.15. The summed E-state index contributed by atoms with van der Waals surface area (Å²) in [5, 5.41) is -7.20. The zero-order valence-electron chi connectivity index (χ0n) is 23.9. The molecule has 1 aliphatic heterocycles. The van der Waals surface area contributed by atoms with E-state index in [1.54, 1.807) is 0 Å². The molecular formula is C26H23F17O3S2. The smallest absolute Gasteiger partial charge is 0.211 e. The van der Waals surface area contributed by atoms with Crippen molar-refractivity contribution in [3.63, 3.8) is 0 Å². The average Bonchev–Trinajstić information content (AvgIpc) is 3.43. The maximum absolute atomic E-state index is 14.9. The van der Waals surface area contributed by atoms with E-state index in [2.05, 4.69) is 3.63 Å². The second kappa shape index (κ2) is 12.2. The lowest BCUT2D eigenvalue weighted by Gasteiger charge is -2.43. The monoisotopic (exact) mass is 770 g/mol. The normalized spacial score (nSPS) is 18.4. The van der Waals surface area contributed by atoms with Gasteiger partial charge in [0.1, 0.15) is 0 Å². The van der Waals surface area contributed by atoms with E-state index in [1.165, 1.54) is 36.4 Å². The van der Waals surface area contributed by atoms with Crippen molar-refractivity contribution < 1.29 is 86.7 Å². The van der Waals surface area contributed by atoms with Crippen LogP contribution in [0.5, 0.6) is 0 Å².